The monoisotopic (exact) mass is 255 g/mol. The number of benzene rings is 1. The van der Waals surface area contributed by atoms with Crippen molar-refractivity contribution in [2.24, 2.45) is 0 Å². The SMILES string of the molecule is CC(C)(C)N1c2ccccc2COCS1(=O)=O. The van der Waals surface area contributed by atoms with Crippen LogP contribution in [0.4, 0.5) is 5.69 Å². The summed E-state index contributed by atoms with van der Waals surface area (Å²) in [5.74, 6) is -0.265. The number of sulfonamides is 1. The summed E-state index contributed by atoms with van der Waals surface area (Å²) in [7, 11) is -3.42. The van der Waals surface area contributed by atoms with Crippen LogP contribution < -0.4 is 4.31 Å². The Kier molecular flexibility index (Phi) is 2.91. The second-order valence-corrected chi connectivity index (χ2v) is 6.91. The lowest BCUT2D eigenvalue weighted by atomic mass is 10.1. The van der Waals surface area contributed by atoms with Gasteiger partial charge in [0.2, 0.25) is 0 Å². The Labute approximate surface area is 102 Å². The first-order valence-corrected chi connectivity index (χ1v) is 7.12. The van der Waals surface area contributed by atoms with Crippen LogP contribution in [0.1, 0.15) is 26.3 Å². The van der Waals surface area contributed by atoms with E-state index in [1.807, 2.05) is 45.0 Å². The average molecular weight is 255 g/mol. The predicted octanol–water partition coefficient (Wildman–Crippen LogP) is 2.11. The number of anilines is 1. The van der Waals surface area contributed by atoms with Crippen LogP contribution in [-0.2, 0) is 21.4 Å². The fraction of sp³-hybridized carbons (Fsp3) is 0.500. The first kappa shape index (κ1) is 12.4. The fourth-order valence-electron chi connectivity index (χ4n) is 2.07. The molecule has 0 bridgehead atoms. The molecule has 0 atom stereocenters. The summed E-state index contributed by atoms with van der Waals surface area (Å²) < 4.78 is 31.1. The van der Waals surface area contributed by atoms with E-state index in [4.69, 9.17) is 4.74 Å². The van der Waals surface area contributed by atoms with Gasteiger partial charge < -0.3 is 4.74 Å². The van der Waals surface area contributed by atoms with Crippen LogP contribution in [0, 0.1) is 0 Å². The zero-order valence-electron chi connectivity index (χ0n) is 10.3. The molecular formula is C12H17NO3S. The Morgan fingerprint density at radius 1 is 1.24 bits per heavy atom. The minimum atomic E-state index is -3.42. The molecule has 1 aliphatic rings. The van der Waals surface area contributed by atoms with Crippen LogP contribution in [0.5, 0.6) is 0 Å². The molecule has 1 heterocycles. The molecule has 5 heteroatoms. The molecule has 0 radical (unpaired) electrons. The molecule has 0 amide bonds. The number of fused-ring (bicyclic) bond motifs is 1. The van der Waals surface area contributed by atoms with E-state index in [1.165, 1.54) is 4.31 Å². The van der Waals surface area contributed by atoms with Gasteiger partial charge in [0.1, 0.15) is 0 Å². The summed E-state index contributed by atoms with van der Waals surface area (Å²) in [5.41, 5.74) is 1.13. The van der Waals surface area contributed by atoms with E-state index in [-0.39, 0.29) is 5.94 Å². The summed E-state index contributed by atoms with van der Waals surface area (Å²) in [5, 5.41) is 0. The Balaban J connectivity index is 2.65. The second kappa shape index (κ2) is 3.99. The van der Waals surface area contributed by atoms with Gasteiger partial charge >= 0.3 is 0 Å². The number of ether oxygens (including phenoxy) is 1. The highest BCUT2D eigenvalue weighted by Crippen LogP contribution is 2.33. The van der Waals surface area contributed by atoms with E-state index in [9.17, 15) is 8.42 Å². The van der Waals surface area contributed by atoms with Crippen molar-refractivity contribution < 1.29 is 13.2 Å². The molecule has 0 N–H and O–H groups in total. The van der Waals surface area contributed by atoms with Gasteiger partial charge in [0.25, 0.3) is 10.0 Å². The van der Waals surface area contributed by atoms with Crippen LogP contribution in [0.15, 0.2) is 24.3 Å². The molecule has 1 aromatic rings. The van der Waals surface area contributed by atoms with Gasteiger partial charge in [0.05, 0.1) is 12.3 Å². The molecule has 4 nitrogen and oxygen atoms in total. The number of hydrogen-bond donors (Lipinski definition) is 0. The molecule has 1 aromatic carbocycles. The smallest absolute Gasteiger partial charge is 0.259 e. The summed E-state index contributed by atoms with van der Waals surface area (Å²) >= 11 is 0. The number of para-hydroxylation sites is 1. The van der Waals surface area contributed by atoms with E-state index in [1.54, 1.807) is 0 Å². The highest BCUT2D eigenvalue weighted by Gasteiger charge is 2.36. The van der Waals surface area contributed by atoms with E-state index >= 15 is 0 Å². The Hall–Kier alpha value is -1.07. The standard InChI is InChI=1S/C12H17NO3S/c1-12(2,3)13-11-7-5-4-6-10(11)8-16-9-17(13,14)15/h4-7H,8-9H2,1-3H3. The van der Waals surface area contributed by atoms with Crippen LogP contribution >= 0.6 is 0 Å². The average Bonchev–Trinajstić information content (AvgIpc) is 2.30. The van der Waals surface area contributed by atoms with Crippen LogP contribution in [0.3, 0.4) is 0 Å². The highest BCUT2D eigenvalue weighted by molar-refractivity contribution is 7.92. The molecule has 0 unspecified atom stereocenters. The van der Waals surface area contributed by atoms with Gasteiger partial charge in [0.15, 0.2) is 5.94 Å². The van der Waals surface area contributed by atoms with Gasteiger partial charge in [-0.3, -0.25) is 4.31 Å². The van der Waals surface area contributed by atoms with Crippen molar-refractivity contribution in [1.29, 1.82) is 0 Å². The Bertz CT molecular complexity index is 517. The molecule has 0 saturated carbocycles. The third-order valence-corrected chi connectivity index (χ3v) is 4.35. The first-order valence-electron chi connectivity index (χ1n) is 5.51. The lowest BCUT2D eigenvalue weighted by Crippen LogP contribution is -2.46. The maximum Gasteiger partial charge on any atom is 0.259 e. The molecule has 0 spiro atoms. The number of nitrogens with zero attached hydrogens (tertiary/aromatic N) is 1. The van der Waals surface area contributed by atoms with Gasteiger partial charge in [-0.1, -0.05) is 18.2 Å². The van der Waals surface area contributed by atoms with Crippen molar-refractivity contribution in [2.45, 2.75) is 32.9 Å². The van der Waals surface area contributed by atoms with Crippen molar-refractivity contribution in [2.75, 3.05) is 10.2 Å². The van der Waals surface area contributed by atoms with E-state index in [2.05, 4.69) is 0 Å². The second-order valence-electron chi connectivity index (χ2n) is 5.14. The quantitative estimate of drug-likeness (QED) is 0.713. The molecule has 2 rings (SSSR count). The summed E-state index contributed by atoms with van der Waals surface area (Å²) in [6.45, 7) is 5.98. The predicted molar refractivity (Wildman–Crippen MR) is 67.2 cm³/mol. The van der Waals surface area contributed by atoms with Gasteiger partial charge in [-0.15, -0.1) is 0 Å². The fourth-order valence-corrected chi connectivity index (χ4v) is 3.78. The van der Waals surface area contributed by atoms with Gasteiger partial charge in [-0.05, 0) is 26.8 Å². The van der Waals surface area contributed by atoms with Crippen LogP contribution in [-0.4, -0.2) is 19.9 Å². The number of hydrogen-bond acceptors (Lipinski definition) is 3. The Morgan fingerprint density at radius 2 is 1.88 bits per heavy atom. The van der Waals surface area contributed by atoms with Crippen molar-refractivity contribution in [3.8, 4) is 0 Å². The zero-order chi connectivity index (χ0) is 12.7. The first-order chi connectivity index (χ1) is 7.82. The summed E-state index contributed by atoms with van der Waals surface area (Å²) in [6, 6.07) is 7.46. The van der Waals surface area contributed by atoms with Gasteiger partial charge in [0, 0.05) is 11.1 Å². The molecule has 1 aliphatic heterocycles. The zero-order valence-corrected chi connectivity index (χ0v) is 11.1. The summed E-state index contributed by atoms with van der Waals surface area (Å²) in [4.78, 5) is 0. The normalized spacial score (nSPS) is 19.6. The van der Waals surface area contributed by atoms with E-state index in [0.717, 1.165) is 11.3 Å². The third kappa shape index (κ3) is 2.30. The van der Waals surface area contributed by atoms with Crippen molar-refractivity contribution >= 4 is 15.7 Å². The lowest BCUT2D eigenvalue weighted by Gasteiger charge is -2.35. The van der Waals surface area contributed by atoms with Gasteiger partial charge in [-0.2, -0.15) is 0 Å². The maximum absolute atomic E-state index is 12.2. The molecule has 17 heavy (non-hydrogen) atoms. The largest absolute Gasteiger partial charge is 0.359 e. The van der Waals surface area contributed by atoms with Crippen molar-refractivity contribution in [3.05, 3.63) is 29.8 Å². The molecule has 0 saturated heterocycles. The van der Waals surface area contributed by atoms with Crippen LogP contribution in [0.25, 0.3) is 0 Å². The molecular weight excluding hydrogens is 238 g/mol. The van der Waals surface area contributed by atoms with Gasteiger partial charge in [-0.25, -0.2) is 8.42 Å². The molecule has 0 aliphatic carbocycles. The highest BCUT2D eigenvalue weighted by atomic mass is 32.2. The minimum Gasteiger partial charge on any atom is -0.359 e. The Morgan fingerprint density at radius 3 is 2.53 bits per heavy atom. The molecule has 94 valence electrons. The van der Waals surface area contributed by atoms with Crippen LogP contribution in [0.2, 0.25) is 0 Å². The lowest BCUT2D eigenvalue weighted by molar-refractivity contribution is 0.165. The maximum atomic E-state index is 12.2. The third-order valence-electron chi connectivity index (χ3n) is 2.59. The molecule has 0 fully saturated rings. The topological polar surface area (TPSA) is 46.6 Å². The summed E-state index contributed by atoms with van der Waals surface area (Å²) in [6.07, 6.45) is 0. The number of rotatable bonds is 0. The minimum absolute atomic E-state index is 0.265. The van der Waals surface area contributed by atoms with E-state index < -0.39 is 15.6 Å². The molecule has 0 aromatic heterocycles. The van der Waals surface area contributed by atoms with Crippen molar-refractivity contribution in [1.82, 2.24) is 0 Å². The van der Waals surface area contributed by atoms with E-state index in [0.29, 0.717) is 6.61 Å². The van der Waals surface area contributed by atoms with Crippen molar-refractivity contribution in [3.63, 3.8) is 0 Å².